The first-order chi connectivity index (χ1) is 14.6. The Kier molecular flexibility index (Phi) is 6.45. The molecular formula is C23H25ClN4O2. The van der Waals surface area contributed by atoms with Gasteiger partial charge in [0, 0.05) is 23.7 Å². The summed E-state index contributed by atoms with van der Waals surface area (Å²) < 4.78 is 5.46. The molecule has 2 heterocycles. The van der Waals surface area contributed by atoms with Gasteiger partial charge in [-0.3, -0.25) is 9.69 Å². The van der Waals surface area contributed by atoms with Crippen molar-refractivity contribution >= 4 is 17.5 Å². The van der Waals surface area contributed by atoms with E-state index in [4.69, 9.17) is 16.1 Å². The van der Waals surface area contributed by atoms with Crippen LogP contribution in [-0.2, 0) is 17.9 Å². The van der Waals surface area contributed by atoms with Crippen molar-refractivity contribution in [1.29, 1.82) is 0 Å². The number of nitrogens with one attached hydrogen (secondary N) is 1. The van der Waals surface area contributed by atoms with Crippen LogP contribution in [0.4, 0.5) is 0 Å². The molecule has 156 valence electrons. The molecule has 0 bridgehead atoms. The molecule has 0 spiro atoms. The third-order valence-electron chi connectivity index (χ3n) is 5.36. The monoisotopic (exact) mass is 424 g/mol. The Morgan fingerprint density at radius 1 is 1.27 bits per heavy atom. The first kappa shape index (κ1) is 20.6. The molecule has 0 radical (unpaired) electrons. The molecule has 2 aromatic carbocycles. The van der Waals surface area contributed by atoms with Crippen LogP contribution in [0.5, 0.6) is 0 Å². The fraction of sp³-hybridized carbons (Fsp3) is 0.348. The molecule has 1 N–H and O–H groups in total. The topological polar surface area (TPSA) is 71.3 Å². The highest BCUT2D eigenvalue weighted by Gasteiger charge is 2.26. The van der Waals surface area contributed by atoms with Gasteiger partial charge in [-0.1, -0.05) is 52.7 Å². The number of benzene rings is 2. The standard InChI is InChI=1S/C23H25ClN4O2/c1-16-4-2-5-18(12-16)22-26-21(30-27-22)15-28-11-3-6-19(14-28)23(29)25-13-17-7-9-20(24)10-8-17/h2,4-5,7-10,12,19H,3,6,11,13-15H2,1H3,(H,25,29). The van der Waals surface area contributed by atoms with Crippen LogP contribution in [0.2, 0.25) is 5.02 Å². The van der Waals surface area contributed by atoms with Crippen LogP contribution >= 0.6 is 11.6 Å². The minimum absolute atomic E-state index is 0.0368. The van der Waals surface area contributed by atoms with Gasteiger partial charge in [-0.05, 0) is 50.1 Å². The van der Waals surface area contributed by atoms with E-state index in [1.165, 1.54) is 0 Å². The van der Waals surface area contributed by atoms with E-state index < -0.39 is 0 Å². The summed E-state index contributed by atoms with van der Waals surface area (Å²) in [6.07, 6.45) is 1.86. The summed E-state index contributed by atoms with van der Waals surface area (Å²) in [5.41, 5.74) is 3.14. The summed E-state index contributed by atoms with van der Waals surface area (Å²) in [7, 11) is 0. The van der Waals surface area contributed by atoms with Crippen molar-refractivity contribution in [2.75, 3.05) is 13.1 Å². The second-order valence-corrected chi connectivity index (χ2v) is 8.24. The Balaban J connectivity index is 1.31. The van der Waals surface area contributed by atoms with E-state index in [1.807, 2.05) is 55.5 Å². The number of piperidine rings is 1. The van der Waals surface area contributed by atoms with Gasteiger partial charge in [0.2, 0.25) is 17.6 Å². The number of aryl methyl sites for hydroxylation is 1. The second kappa shape index (κ2) is 9.41. The first-order valence-corrected chi connectivity index (χ1v) is 10.6. The number of hydrogen-bond donors (Lipinski definition) is 1. The number of halogens is 1. The van der Waals surface area contributed by atoms with Crippen LogP contribution < -0.4 is 5.32 Å². The number of rotatable bonds is 6. The molecule has 6 nitrogen and oxygen atoms in total. The van der Waals surface area contributed by atoms with Crippen LogP contribution in [0.15, 0.2) is 53.1 Å². The van der Waals surface area contributed by atoms with E-state index in [0.29, 0.717) is 36.4 Å². The number of carbonyl (C=O) groups excluding carboxylic acids is 1. The zero-order valence-electron chi connectivity index (χ0n) is 17.0. The molecule has 1 fully saturated rings. The lowest BCUT2D eigenvalue weighted by Gasteiger charge is -2.30. The zero-order valence-corrected chi connectivity index (χ0v) is 17.7. The second-order valence-electron chi connectivity index (χ2n) is 7.80. The summed E-state index contributed by atoms with van der Waals surface area (Å²) in [6, 6.07) is 15.6. The van der Waals surface area contributed by atoms with Gasteiger partial charge in [0.1, 0.15) is 0 Å². The van der Waals surface area contributed by atoms with E-state index in [1.54, 1.807) is 0 Å². The maximum atomic E-state index is 12.6. The molecule has 1 amide bonds. The van der Waals surface area contributed by atoms with Crippen LogP contribution in [0.3, 0.4) is 0 Å². The Bertz CT molecular complexity index is 1000. The molecule has 1 aliphatic heterocycles. The van der Waals surface area contributed by atoms with Gasteiger partial charge >= 0.3 is 0 Å². The Labute approximate surface area is 181 Å². The molecule has 1 unspecified atom stereocenters. The summed E-state index contributed by atoms with van der Waals surface area (Å²) in [4.78, 5) is 19.4. The first-order valence-electron chi connectivity index (χ1n) is 10.2. The average Bonchev–Trinajstić information content (AvgIpc) is 3.22. The molecule has 3 aromatic rings. The van der Waals surface area contributed by atoms with E-state index >= 15 is 0 Å². The largest absolute Gasteiger partial charge is 0.352 e. The zero-order chi connectivity index (χ0) is 20.9. The highest BCUT2D eigenvalue weighted by atomic mass is 35.5. The normalized spacial score (nSPS) is 17.1. The third kappa shape index (κ3) is 5.26. The van der Waals surface area contributed by atoms with Gasteiger partial charge in [-0.2, -0.15) is 4.98 Å². The highest BCUT2D eigenvalue weighted by molar-refractivity contribution is 6.30. The summed E-state index contributed by atoms with van der Waals surface area (Å²) in [6.45, 7) is 4.71. The molecular weight excluding hydrogens is 400 g/mol. The number of carbonyl (C=O) groups is 1. The maximum absolute atomic E-state index is 12.6. The van der Waals surface area contributed by atoms with Crippen LogP contribution in [0.25, 0.3) is 11.4 Å². The van der Waals surface area contributed by atoms with Crippen molar-refractivity contribution in [1.82, 2.24) is 20.4 Å². The average molecular weight is 425 g/mol. The van der Waals surface area contributed by atoms with E-state index in [0.717, 1.165) is 36.1 Å². The van der Waals surface area contributed by atoms with Gasteiger partial charge in [-0.25, -0.2) is 0 Å². The number of hydrogen-bond acceptors (Lipinski definition) is 5. The lowest BCUT2D eigenvalue weighted by Crippen LogP contribution is -2.42. The molecule has 1 saturated heterocycles. The van der Waals surface area contributed by atoms with Crippen molar-refractivity contribution in [2.24, 2.45) is 5.92 Å². The van der Waals surface area contributed by atoms with Gasteiger partial charge in [-0.15, -0.1) is 0 Å². The molecule has 4 rings (SSSR count). The lowest BCUT2D eigenvalue weighted by atomic mass is 9.97. The predicted octanol–water partition coefficient (Wildman–Crippen LogP) is 4.23. The summed E-state index contributed by atoms with van der Waals surface area (Å²) >= 11 is 5.91. The van der Waals surface area contributed by atoms with Crippen LogP contribution in [0, 0.1) is 12.8 Å². The quantitative estimate of drug-likeness (QED) is 0.641. The SMILES string of the molecule is Cc1cccc(-c2noc(CN3CCCC(C(=O)NCc4ccc(Cl)cc4)C3)n2)c1. The summed E-state index contributed by atoms with van der Waals surface area (Å²) in [5.74, 6) is 1.22. The van der Waals surface area contributed by atoms with E-state index in [9.17, 15) is 4.79 Å². The molecule has 7 heteroatoms. The third-order valence-corrected chi connectivity index (χ3v) is 5.61. The maximum Gasteiger partial charge on any atom is 0.241 e. The Hall–Kier alpha value is -2.70. The number of nitrogens with zero attached hydrogens (tertiary/aromatic N) is 3. The number of likely N-dealkylation sites (tertiary alicyclic amines) is 1. The fourth-order valence-electron chi connectivity index (χ4n) is 3.76. The Morgan fingerprint density at radius 2 is 2.10 bits per heavy atom. The lowest BCUT2D eigenvalue weighted by molar-refractivity contribution is -0.127. The Morgan fingerprint density at radius 3 is 2.90 bits per heavy atom. The smallest absolute Gasteiger partial charge is 0.241 e. The molecule has 0 aliphatic carbocycles. The minimum atomic E-state index is -0.0368. The van der Waals surface area contributed by atoms with Gasteiger partial charge < -0.3 is 9.84 Å². The van der Waals surface area contributed by atoms with Crippen molar-refractivity contribution in [2.45, 2.75) is 32.9 Å². The van der Waals surface area contributed by atoms with Crippen molar-refractivity contribution < 1.29 is 9.32 Å². The van der Waals surface area contributed by atoms with E-state index in [-0.39, 0.29) is 11.8 Å². The molecule has 1 aliphatic rings. The van der Waals surface area contributed by atoms with Crippen molar-refractivity contribution in [3.63, 3.8) is 0 Å². The molecule has 30 heavy (non-hydrogen) atoms. The van der Waals surface area contributed by atoms with Crippen LogP contribution in [-0.4, -0.2) is 34.0 Å². The molecule has 0 saturated carbocycles. The van der Waals surface area contributed by atoms with Gasteiger partial charge in [0.05, 0.1) is 12.5 Å². The molecule has 1 atom stereocenters. The number of aromatic nitrogens is 2. The van der Waals surface area contributed by atoms with Crippen molar-refractivity contribution in [3.05, 3.63) is 70.6 Å². The molecule has 1 aromatic heterocycles. The summed E-state index contributed by atoms with van der Waals surface area (Å²) in [5, 5.41) is 7.85. The minimum Gasteiger partial charge on any atom is -0.352 e. The van der Waals surface area contributed by atoms with Crippen molar-refractivity contribution in [3.8, 4) is 11.4 Å². The highest BCUT2D eigenvalue weighted by Crippen LogP contribution is 2.21. The number of amides is 1. The predicted molar refractivity (Wildman–Crippen MR) is 116 cm³/mol. The fourth-order valence-corrected chi connectivity index (χ4v) is 3.89. The van der Waals surface area contributed by atoms with Crippen LogP contribution in [0.1, 0.15) is 29.9 Å². The van der Waals surface area contributed by atoms with Gasteiger partial charge in [0.15, 0.2) is 0 Å². The van der Waals surface area contributed by atoms with Gasteiger partial charge in [0.25, 0.3) is 0 Å². The van der Waals surface area contributed by atoms with E-state index in [2.05, 4.69) is 20.4 Å².